The topological polar surface area (TPSA) is 64.4 Å². The largest absolute Gasteiger partial charge is 0.332 e. The number of benzene rings is 3. The van der Waals surface area contributed by atoms with E-state index in [1.165, 1.54) is 17.0 Å². The molecule has 1 heterocycles. The van der Waals surface area contributed by atoms with Crippen molar-refractivity contribution in [1.29, 1.82) is 5.26 Å². The van der Waals surface area contributed by atoms with Crippen LogP contribution in [0.1, 0.15) is 25.0 Å². The molecule has 0 bridgehead atoms. The fraction of sp³-hybridized carbons (Fsp3) is 0.160. The Labute approximate surface area is 193 Å². The molecule has 32 heavy (non-hydrogen) atoms. The zero-order valence-electron chi connectivity index (χ0n) is 17.5. The van der Waals surface area contributed by atoms with Gasteiger partial charge in [-0.1, -0.05) is 52.3 Å². The second-order valence-corrected chi connectivity index (χ2v) is 8.87. The molecule has 5 nitrogen and oxygen atoms in total. The minimum absolute atomic E-state index is 0.136. The molecule has 1 aliphatic heterocycles. The van der Waals surface area contributed by atoms with Gasteiger partial charge in [0.15, 0.2) is 0 Å². The lowest BCUT2D eigenvalue weighted by atomic mass is 9.99. The van der Waals surface area contributed by atoms with Crippen molar-refractivity contribution in [2.24, 2.45) is 0 Å². The molecule has 1 saturated heterocycles. The van der Waals surface area contributed by atoms with Gasteiger partial charge in [-0.05, 0) is 55.3 Å². The zero-order valence-corrected chi connectivity index (χ0v) is 19.1. The van der Waals surface area contributed by atoms with E-state index in [1.807, 2.05) is 30.3 Å². The van der Waals surface area contributed by atoms with Crippen LogP contribution in [0, 0.1) is 17.1 Å². The highest BCUT2D eigenvalue weighted by molar-refractivity contribution is 9.10. The average molecular weight is 492 g/mol. The Bertz CT molecular complexity index is 1270. The van der Waals surface area contributed by atoms with Gasteiger partial charge in [-0.2, -0.15) is 5.26 Å². The SMILES string of the molecule is CC1(C)C(=O)N(c2ccc(C#N)c(-c3ccccc3)c2)C(=O)N1Cc1ccc(F)cc1Br. The first kappa shape index (κ1) is 21.7. The lowest BCUT2D eigenvalue weighted by Crippen LogP contribution is -2.43. The molecule has 0 atom stereocenters. The first-order valence-corrected chi connectivity index (χ1v) is 10.7. The van der Waals surface area contributed by atoms with Crippen LogP contribution < -0.4 is 4.90 Å². The Balaban J connectivity index is 1.74. The summed E-state index contributed by atoms with van der Waals surface area (Å²) in [6, 6.07) is 20.2. The predicted molar refractivity (Wildman–Crippen MR) is 123 cm³/mol. The van der Waals surface area contributed by atoms with Crippen LogP contribution >= 0.6 is 15.9 Å². The summed E-state index contributed by atoms with van der Waals surface area (Å²) in [5.41, 5.74) is 1.88. The number of nitrogens with zero attached hydrogens (tertiary/aromatic N) is 3. The molecule has 1 aliphatic rings. The quantitative estimate of drug-likeness (QED) is 0.428. The standard InChI is InChI=1S/C25H19BrFN3O2/c1-25(2)23(31)30(24(32)29(25)15-18-8-10-19(27)12-22(18)26)20-11-9-17(14-28)21(13-20)16-6-4-3-5-7-16/h3-13H,15H2,1-2H3. The van der Waals surface area contributed by atoms with Gasteiger partial charge in [-0.15, -0.1) is 0 Å². The van der Waals surface area contributed by atoms with E-state index in [2.05, 4.69) is 22.0 Å². The van der Waals surface area contributed by atoms with Crippen molar-refractivity contribution in [3.8, 4) is 17.2 Å². The summed E-state index contributed by atoms with van der Waals surface area (Å²) in [5.74, 6) is -0.763. The Morgan fingerprint density at radius 2 is 1.75 bits per heavy atom. The molecule has 3 aromatic rings. The minimum atomic E-state index is -1.11. The number of carbonyl (C=O) groups is 2. The van der Waals surface area contributed by atoms with Crippen LogP contribution in [0.5, 0.6) is 0 Å². The second-order valence-electron chi connectivity index (χ2n) is 8.01. The highest BCUT2D eigenvalue weighted by atomic mass is 79.9. The first-order chi connectivity index (χ1) is 15.2. The van der Waals surface area contributed by atoms with E-state index < -0.39 is 17.4 Å². The zero-order chi connectivity index (χ0) is 23.0. The molecule has 0 aromatic heterocycles. The molecule has 3 amide bonds. The number of carbonyl (C=O) groups excluding carboxylic acids is 2. The third kappa shape index (κ3) is 3.67. The van der Waals surface area contributed by atoms with Gasteiger partial charge < -0.3 is 4.90 Å². The molecule has 0 N–H and O–H groups in total. The van der Waals surface area contributed by atoms with Gasteiger partial charge in [0, 0.05) is 16.6 Å². The van der Waals surface area contributed by atoms with Crippen molar-refractivity contribution < 1.29 is 14.0 Å². The molecular weight excluding hydrogens is 473 g/mol. The van der Waals surface area contributed by atoms with Gasteiger partial charge >= 0.3 is 6.03 Å². The number of hydrogen-bond donors (Lipinski definition) is 0. The van der Waals surface area contributed by atoms with Gasteiger partial charge in [0.1, 0.15) is 11.4 Å². The summed E-state index contributed by atoms with van der Waals surface area (Å²) in [6.45, 7) is 3.51. The Hall–Kier alpha value is -3.50. The number of imide groups is 1. The molecule has 0 aliphatic carbocycles. The van der Waals surface area contributed by atoms with Gasteiger partial charge in [0.2, 0.25) is 0 Å². The third-order valence-corrected chi connectivity index (χ3v) is 6.37. The van der Waals surface area contributed by atoms with Crippen LogP contribution in [-0.2, 0) is 11.3 Å². The Morgan fingerprint density at radius 3 is 2.41 bits per heavy atom. The minimum Gasteiger partial charge on any atom is -0.305 e. The molecule has 1 fully saturated rings. The summed E-state index contributed by atoms with van der Waals surface area (Å²) < 4.78 is 14.0. The number of hydrogen-bond acceptors (Lipinski definition) is 3. The summed E-state index contributed by atoms with van der Waals surface area (Å²) in [6.07, 6.45) is 0. The number of rotatable bonds is 4. The summed E-state index contributed by atoms with van der Waals surface area (Å²) in [5, 5.41) is 9.54. The first-order valence-electron chi connectivity index (χ1n) is 9.93. The van der Waals surface area contributed by atoms with E-state index in [4.69, 9.17) is 0 Å². The molecule has 0 saturated carbocycles. The third-order valence-electron chi connectivity index (χ3n) is 5.63. The van der Waals surface area contributed by atoms with Gasteiger partial charge in [0.05, 0.1) is 17.3 Å². The molecule has 0 radical (unpaired) electrons. The smallest absolute Gasteiger partial charge is 0.305 e. The van der Waals surface area contributed by atoms with Crippen molar-refractivity contribution >= 4 is 33.6 Å². The van der Waals surface area contributed by atoms with E-state index in [1.54, 1.807) is 38.1 Å². The lowest BCUT2D eigenvalue weighted by molar-refractivity contribution is -0.123. The van der Waals surface area contributed by atoms with Crippen molar-refractivity contribution in [2.75, 3.05) is 4.90 Å². The van der Waals surface area contributed by atoms with Crippen LogP contribution in [0.25, 0.3) is 11.1 Å². The van der Waals surface area contributed by atoms with Crippen LogP contribution in [0.4, 0.5) is 14.9 Å². The van der Waals surface area contributed by atoms with Crippen molar-refractivity contribution in [3.05, 3.63) is 88.1 Å². The second kappa shape index (κ2) is 8.21. The molecule has 0 spiro atoms. The number of anilines is 1. The van der Waals surface area contributed by atoms with Crippen LogP contribution in [-0.4, -0.2) is 22.4 Å². The van der Waals surface area contributed by atoms with E-state index in [0.717, 1.165) is 10.5 Å². The normalized spacial score (nSPS) is 15.2. The van der Waals surface area contributed by atoms with Gasteiger partial charge in [-0.3, -0.25) is 4.79 Å². The van der Waals surface area contributed by atoms with Crippen molar-refractivity contribution in [1.82, 2.24) is 4.90 Å². The van der Waals surface area contributed by atoms with E-state index >= 15 is 0 Å². The Kier molecular flexibility index (Phi) is 5.57. The number of nitriles is 1. The van der Waals surface area contributed by atoms with Crippen LogP contribution in [0.3, 0.4) is 0 Å². The van der Waals surface area contributed by atoms with Crippen LogP contribution in [0.15, 0.2) is 71.2 Å². The maximum atomic E-state index is 13.5. The van der Waals surface area contributed by atoms with Crippen molar-refractivity contribution in [3.63, 3.8) is 0 Å². The maximum absolute atomic E-state index is 13.5. The van der Waals surface area contributed by atoms with Crippen LogP contribution in [0.2, 0.25) is 0 Å². The fourth-order valence-corrected chi connectivity index (χ4v) is 4.25. The number of amides is 3. The van der Waals surface area contributed by atoms with E-state index in [0.29, 0.717) is 26.9 Å². The Morgan fingerprint density at radius 1 is 1.03 bits per heavy atom. The number of halogens is 2. The molecule has 3 aromatic carbocycles. The molecular formula is C25H19BrFN3O2. The molecule has 4 rings (SSSR count). The molecule has 160 valence electrons. The highest BCUT2D eigenvalue weighted by Crippen LogP contribution is 2.36. The van der Waals surface area contributed by atoms with Gasteiger partial charge in [-0.25, -0.2) is 14.1 Å². The summed E-state index contributed by atoms with van der Waals surface area (Å²) in [4.78, 5) is 29.3. The fourth-order valence-electron chi connectivity index (χ4n) is 3.77. The predicted octanol–water partition coefficient (Wildman–Crippen LogP) is 5.87. The maximum Gasteiger partial charge on any atom is 0.332 e. The lowest BCUT2D eigenvalue weighted by Gasteiger charge is -2.28. The molecule has 0 unspecified atom stereocenters. The summed E-state index contributed by atoms with van der Waals surface area (Å²) in [7, 11) is 0. The monoisotopic (exact) mass is 491 g/mol. The van der Waals surface area contributed by atoms with Crippen molar-refractivity contribution in [2.45, 2.75) is 25.9 Å². The van der Waals surface area contributed by atoms with Gasteiger partial charge in [0.25, 0.3) is 5.91 Å². The van der Waals surface area contributed by atoms with E-state index in [9.17, 15) is 19.2 Å². The molecule has 7 heteroatoms. The number of urea groups is 1. The summed E-state index contributed by atoms with van der Waals surface area (Å²) >= 11 is 3.33. The highest BCUT2D eigenvalue weighted by Gasteiger charge is 2.51. The average Bonchev–Trinajstić information content (AvgIpc) is 2.94. The van der Waals surface area contributed by atoms with E-state index in [-0.39, 0.29) is 12.5 Å².